The van der Waals surface area contributed by atoms with Crippen molar-refractivity contribution in [2.75, 3.05) is 12.4 Å². The van der Waals surface area contributed by atoms with Crippen LogP contribution in [-0.2, 0) is 4.79 Å². The minimum atomic E-state index is -0.612. The van der Waals surface area contributed by atoms with Gasteiger partial charge in [0.1, 0.15) is 5.75 Å². The van der Waals surface area contributed by atoms with Gasteiger partial charge in [-0.1, -0.05) is 11.8 Å². The fourth-order valence-corrected chi connectivity index (χ4v) is 2.79. The molecule has 10 nitrogen and oxygen atoms in total. The van der Waals surface area contributed by atoms with Gasteiger partial charge in [0.05, 0.1) is 29.2 Å². The van der Waals surface area contributed by atoms with E-state index >= 15 is 0 Å². The standard InChI is InChI=1S/C16H14N4O6S/c1-9(27-16-19-18-15(26-16)13-4-3-7-25-13)14(21)17-11-8-10(20(22)23)5-6-12(11)24-2/h3-9H,1-2H3,(H,17,21). The molecule has 1 aromatic carbocycles. The number of aromatic nitrogens is 2. The second kappa shape index (κ2) is 7.91. The SMILES string of the molecule is COc1ccc([N+](=O)[O-])cc1NC(=O)C(C)Sc1nnc(-c2ccco2)o1. The Morgan fingerprint density at radius 3 is 2.85 bits per heavy atom. The van der Waals surface area contributed by atoms with Gasteiger partial charge in [-0.3, -0.25) is 14.9 Å². The van der Waals surface area contributed by atoms with Crippen LogP contribution in [0.2, 0.25) is 0 Å². The molecule has 0 fully saturated rings. The fraction of sp³-hybridized carbons (Fsp3) is 0.188. The van der Waals surface area contributed by atoms with E-state index in [1.54, 1.807) is 19.1 Å². The average molecular weight is 390 g/mol. The first-order valence-corrected chi connectivity index (χ1v) is 8.53. The van der Waals surface area contributed by atoms with Gasteiger partial charge in [-0.25, -0.2) is 0 Å². The van der Waals surface area contributed by atoms with Crippen LogP contribution in [0.5, 0.6) is 5.75 Å². The maximum atomic E-state index is 12.4. The first kappa shape index (κ1) is 18.5. The van der Waals surface area contributed by atoms with Crippen LogP contribution in [0.25, 0.3) is 11.7 Å². The Labute approximate surface area is 157 Å². The molecule has 0 aliphatic carbocycles. The van der Waals surface area contributed by atoms with Gasteiger partial charge >= 0.3 is 0 Å². The maximum absolute atomic E-state index is 12.4. The van der Waals surface area contributed by atoms with E-state index in [0.717, 1.165) is 11.8 Å². The van der Waals surface area contributed by atoms with Crippen LogP contribution in [0, 0.1) is 10.1 Å². The highest BCUT2D eigenvalue weighted by Gasteiger charge is 2.21. The predicted molar refractivity (Wildman–Crippen MR) is 95.6 cm³/mol. The van der Waals surface area contributed by atoms with Gasteiger partial charge in [-0.2, -0.15) is 0 Å². The Hall–Kier alpha value is -3.34. The lowest BCUT2D eigenvalue weighted by molar-refractivity contribution is -0.384. The van der Waals surface area contributed by atoms with Crippen molar-refractivity contribution in [1.29, 1.82) is 0 Å². The Kier molecular flexibility index (Phi) is 5.41. The quantitative estimate of drug-likeness (QED) is 0.366. The molecule has 0 bridgehead atoms. The Balaban J connectivity index is 1.69. The van der Waals surface area contributed by atoms with Crippen molar-refractivity contribution >= 4 is 29.0 Å². The molecule has 2 heterocycles. The van der Waals surface area contributed by atoms with Gasteiger partial charge in [-0.05, 0) is 25.1 Å². The molecule has 27 heavy (non-hydrogen) atoms. The molecule has 0 spiro atoms. The van der Waals surface area contributed by atoms with E-state index in [2.05, 4.69) is 15.5 Å². The molecule has 1 amide bonds. The molecule has 3 rings (SSSR count). The number of anilines is 1. The molecule has 0 saturated heterocycles. The van der Waals surface area contributed by atoms with E-state index in [1.807, 2.05) is 0 Å². The van der Waals surface area contributed by atoms with E-state index in [1.165, 1.54) is 31.6 Å². The zero-order chi connectivity index (χ0) is 19.4. The highest BCUT2D eigenvalue weighted by atomic mass is 32.2. The molecular weight excluding hydrogens is 376 g/mol. The number of hydrogen-bond acceptors (Lipinski definition) is 9. The van der Waals surface area contributed by atoms with Crippen LogP contribution in [0.1, 0.15) is 6.92 Å². The summed E-state index contributed by atoms with van der Waals surface area (Å²) in [5.74, 6) is 0.531. The number of benzene rings is 1. The van der Waals surface area contributed by atoms with Gasteiger partial charge in [0.2, 0.25) is 5.91 Å². The van der Waals surface area contributed by atoms with E-state index in [-0.39, 0.29) is 22.5 Å². The minimum absolute atomic E-state index is 0.161. The number of carbonyl (C=O) groups is 1. The number of hydrogen-bond donors (Lipinski definition) is 1. The lowest BCUT2D eigenvalue weighted by atomic mass is 10.2. The van der Waals surface area contributed by atoms with Gasteiger partial charge < -0.3 is 18.9 Å². The number of nitrogens with one attached hydrogen (secondary N) is 1. The van der Waals surface area contributed by atoms with Crippen molar-refractivity contribution in [1.82, 2.24) is 10.2 Å². The summed E-state index contributed by atoms with van der Waals surface area (Å²) in [6.45, 7) is 1.64. The molecule has 1 unspecified atom stereocenters. The average Bonchev–Trinajstić information content (AvgIpc) is 3.33. The molecule has 2 aromatic heterocycles. The van der Waals surface area contributed by atoms with E-state index in [4.69, 9.17) is 13.6 Å². The zero-order valence-electron chi connectivity index (χ0n) is 14.2. The number of methoxy groups -OCH3 is 1. The number of carbonyl (C=O) groups excluding carboxylic acids is 1. The summed E-state index contributed by atoms with van der Waals surface area (Å²) in [6, 6.07) is 7.30. The van der Waals surface area contributed by atoms with Gasteiger partial charge in [0.25, 0.3) is 16.8 Å². The molecule has 0 aliphatic heterocycles. The molecule has 11 heteroatoms. The Morgan fingerprint density at radius 2 is 2.19 bits per heavy atom. The summed E-state index contributed by atoms with van der Waals surface area (Å²) in [6.07, 6.45) is 1.48. The van der Waals surface area contributed by atoms with Crippen LogP contribution in [-0.4, -0.2) is 33.4 Å². The molecular formula is C16H14N4O6S. The topological polar surface area (TPSA) is 134 Å². The van der Waals surface area contributed by atoms with Gasteiger partial charge in [0, 0.05) is 12.1 Å². The molecule has 1 atom stereocenters. The molecule has 140 valence electrons. The number of non-ortho nitro benzene ring substituents is 1. The van der Waals surface area contributed by atoms with Crippen molar-refractivity contribution in [2.45, 2.75) is 17.4 Å². The highest BCUT2D eigenvalue weighted by Crippen LogP contribution is 2.31. The number of nitro groups is 1. The van der Waals surface area contributed by atoms with Crippen LogP contribution in [0.15, 0.2) is 50.7 Å². The third-order valence-corrected chi connectivity index (χ3v) is 4.37. The van der Waals surface area contributed by atoms with Crippen LogP contribution in [0.4, 0.5) is 11.4 Å². The van der Waals surface area contributed by atoms with Gasteiger partial charge in [0.15, 0.2) is 5.76 Å². The number of nitrogens with zero attached hydrogens (tertiary/aromatic N) is 3. The molecule has 0 saturated carbocycles. The number of thioether (sulfide) groups is 1. The summed E-state index contributed by atoms with van der Waals surface area (Å²) < 4.78 is 15.7. The molecule has 1 N–H and O–H groups in total. The smallest absolute Gasteiger partial charge is 0.284 e. The van der Waals surface area contributed by atoms with Crippen molar-refractivity contribution in [3.05, 3.63) is 46.7 Å². The number of amides is 1. The summed E-state index contributed by atoms with van der Waals surface area (Å²) in [4.78, 5) is 22.8. The third kappa shape index (κ3) is 4.26. The summed E-state index contributed by atoms with van der Waals surface area (Å²) in [5.41, 5.74) is 0.0392. The zero-order valence-corrected chi connectivity index (χ0v) is 15.1. The highest BCUT2D eigenvalue weighted by molar-refractivity contribution is 8.00. The summed E-state index contributed by atoms with van der Waals surface area (Å²) in [5, 5.41) is 20.8. The van der Waals surface area contributed by atoms with E-state index in [9.17, 15) is 14.9 Å². The predicted octanol–water partition coefficient (Wildman–Crippen LogP) is 3.37. The first-order chi connectivity index (χ1) is 13.0. The lowest BCUT2D eigenvalue weighted by Crippen LogP contribution is -2.22. The number of furan rings is 1. The number of rotatable bonds is 7. The minimum Gasteiger partial charge on any atom is -0.495 e. The monoisotopic (exact) mass is 390 g/mol. The fourth-order valence-electron chi connectivity index (χ4n) is 2.10. The Bertz CT molecular complexity index is 956. The lowest BCUT2D eigenvalue weighted by Gasteiger charge is -2.12. The number of nitro benzene ring substituents is 1. The largest absolute Gasteiger partial charge is 0.495 e. The van der Waals surface area contributed by atoms with Crippen LogP contribution in [0.3, 0.4) is 0 Å². The normalized spacial score (nSPS) is 11.8. The van der Waals surface area contributed by atoms with Crippen molar-refractivity contribution < 1.29 is 23.3 Å². The van der Waals surface area contributed by atoms with E-state index < -0.39 is 16.1 Å². The second-order valence-corrected chi connectivity index (χ2v) is 6.53. The van der Waals surface area contributed by atoms with Crippen molar-refractivity contribution in [2.24, 2.45) is 0 Å². The Morgan fingerprint density at radius 1 is 1.37 bits per heavy atom. The molecule has 3 aromatic rings. The first-order valence-electron chi connectivity index (χ1n) is 7.65. The van der Waals surface area contributed by atoms with Crippen LogP contribution < -0.4 is 10.1 Å². The molecule has 0 radical (unpaired) electrons. The van der Waals surface area contributed by atoms with Crippen molar-refractivity contribution in [3.8, 4) is 17.4 Å². The van der Waals surface area contributed by atoms with Crippen LogP contribution >= 0.6 is 11.8 Å². The van der Waals surface area contributed by atoms with Crippen molar-refractivity contribution in [3.63, 3.8) is 0 Å². The summed E-state index contributed by atoms with van der Waals surface area (Å²) >= 11 is 1.04. The van der Waals surface area contributed by atoms with Gasteiger partial charge in [-0.15, -0.1) is 10.2 Å². The number of ether oxygens (including phenoxy) is 1. The summed E-state index contributed by atoms with van der Waals surface area (Å²) in [7, 11) is 1.41. The third-order valence-electron chi connectivity index (χ3n) is 3.44. The molecule has 0 aliphatic rings. The van der Waals surface area contributed by atoms with E-state index in [0.29, 0.717) is 11.5 Å². The maximum Gasteiger partial charge on any atom is 0.284 e. The second-order valence-electron chi connectivity index (χ2n) is 5.24.